The lowest BCUT2D eigenvalue weighted by molar-refractivity contribution is -0.143. The Labute approximate surface area is 138 Å². The fraction of sp³-hybridized carbons (Fsp3) is 0.333. The summed E-state index contributed by atoms with van der Waals surface area (Å²) in [4.78, 5) is 23.3. The topological polar surface area (TPSA) is 72.2 Å². The molecule has 3 N–H and O–H groups in total. The predicted octanol–water partition coefficient (Wildman–Crippen LogP) is 3.27. The van der Waals surface area contributed by atoms with Gasteiger partial charge in [-0.15, -0.1) is 6.58 Å². The Bertz CT molecular complexity index is 662. The number of amides is 2. The van der Waals surface area contributed by atoms with E-state index >= 15 is 0 Å². The Balaban J connectivity index is 3.28. The highest BCUT2D eigenvalue weighted by atomic mass is 19.4. The van der Waals surface area contributed by atoms with Crippen LogP contribution in [0.3, 0.4) is 0 Å². The van der Waals surface area contributed by atoms with E-state index in [0.717, 1.165) is 0 Å². The van der Waals surface area contributed by atoms with Gasteiger partial charge in [-0.1, -0.05) is 5.57 Å². The number of carbonyl (C=O) groups is 2. The minimum atomic E-state index is -5.09. The molecule has 0 aliphatic rings. The van der Waals surface area contributed by atoms with E-state index in [4.69, 9.17) is 5.73 Å². The Kier molecular flexibility index (Phi) is 5.88. The van der Waals surface area contributed by atoms with Crippen LogP contribution in [0.5, 0.6) is 0 Å². The molecule has 0 aliphatic heterocycles. The molecule has 0 fully saturated rings. The fourth-order valence-electron chi connectivity index (χ4n) is 1.90. The van der Waals surface area contributed by atoms with Crippen LogP contribution < -0.4 is 11.1 Å². The fourth-order valence-corrected chi connectivity index (χ4v) is 1.90. The number of benzene rings is 1. The normalized spacial score (nSPS) is 13.2. The molecular formula is C15H14F6N2O2. The minimum Gasteiger partial charge on any atom is -0.368 e. The van der Waals surface area contributed by atoms with E-state index < -0.39 is 46.9 Å². The smallest absolute Gasteiger partial charge is 0.368 e. The quantitative estimate of drug-likeness (QED) is 0.619. The number of hydrogen-bond acceptors (Lipinski definition) is 2. The summed E-state index contributed by atoms with van der Waals surface area (Å²) in [7, 11) is 0. The van der Waals surface area contributed by atoms with Crippen molar-refractivity contribution in [2.24, 2.45) is 5.73 Å². The van der Waals surface area contributed by atoms with Gasteiger partial charge in [0.15, 0.2) is 0 Å². The summed E-state index contributed by atoms with van der Waals surface area (Å²) in [5.74, 6) is -2.29. The van der Waals surface area contributed by atoms with Crippen molar-refractivity contribution in [3.05, 3.63) is 47.0 Å². The molecule has 4 nitrogen and oxygen atoms in total. The van der Waals surface area contributed by atoms with Crippen LogP contribution in [0.15, 0.2) is 30.4 Å². The summed E-state index contributed by atoms with van der Waals surface area (Å²) < 4.78 is 76.7. The molecule has 10 heteroatoms. The van der Waals surface area contributed by atoms with Crippen molar-refractivity contribution >= 4 is 11.8 Å². The first kappa shape index (κ1) is 20.5. The molecule has 0 saturated heterocycles. The molecular weight excluding hydrogens is 354 g/mol. The first-order valence-electron chi connectivity index (χ1n) is 6.76. The Morgan fingerprint density at radius 1 is 1.08 bits per heavy atom. The van der Waals surface area contributed by atoms with Crippen LogP contribution in [-0.2, 0) is 17.1 Å². The van der Waals surface area contributed by atoms with E-state index in [1.165, 1.54) is 6.92 Å². The van der Waals surface area contributed by atoms with Gasteiger partial charge >= 0.3 is 12.4 Å². The molecule has 0 aliphatic carbocycles. The highest BCUT2D eigenvalue weighted by Gasteiger charge is 2.37. The maximum atomic E-state index is 12.8. The first-order chi connectivity index (χ1) is 11.2. The number of hydrogen-bond donors (Lipinski definition) is 2. The lowest BCUT2D eigenvalue weighted by Gasteiger charge is -2.17. The van der Waals surface area contributed by atoms with Gasteiger partial charge in [-0.3, -0.25) is 9.59 Å². The maximum Gasteiger partial charge on any atom is 0.416 e. The van der Waals surface area contributed by atoms with Crippen molar-refractivity contribution in [3.8, 4) is 0 Å². The number of rotatable bonds is 5. The van der Waals surface area contributed by atoms with E-state index in [-0.39, 0.29) is 24.6 Å². The standard InChI is InChI=1S/C15H14F6N2O2/c1-7(2)3-11(12(22)24)23-13(25)8-4-9(14(16,17)18)6-10(5-8)15(19,20)21/h4-6,11H,1,3H2,2H3,(H2,22,24)(H,23,25)/t11-/m0/s1. The zero-order chi connectivity index (χ0) is 19.6. The second kappa shape index (κ2) is 7.16. The third-order valence-corrected chi connectivity index (χ3v) is 3.05. The number of nitrogens with one attached hydrogen (secondary N) is 1. The van der Waals surface area contributed by atoms with Crippen LogP contribution in [0.4, 0.5) is 26.3 Å². The molecule has 1 aromatic carbocycles. The third kappa shape index (κ3) is 5.80. The van der Waals surface area contributed by atoms with Gasteiger partial charge in [0.25, 0.3) is 5.91 Å². The van der Waals surface area contributed by atoms with Gasteiger partial charge < -0.3 is 11.1 Å². The lowest BCUT2D eigenvalue weighted by Crippen LogP contribution is -2.44. The summed E-state index contributed by atoms with van der Waals surface area (Å²) in [5.41, 5.74) is 1.32. The predicted molar refractivity (Wildman–Crippen MR) is 76.3 cm³/mol. The molecule has 0 aromatic heterocycles. The SMILES string of the molecule is C=C(C)C[C@H](NC(=O)c1cc(C(F)(F)F)cc(C(F)(F)F)c1)C(N)=O. The van der Waals surface area contributed by atoms with Crippen LogP contribution in [0.1, 0.15) is 34.8 Å². The molecule has 0 bridgehead atoms. The Hall–Kier alpha value is -2.52. The van der Waals surface area contributed by atoms with Crippen molar-refractivity contribution in [1.82, 2.24) is 5.32 Å². The molecule has 0 heterocycles. The average Bonchev–Trinajstić information content (AvgIpc) is 2.43. The van der Waals surface area contributed by atoms with Gasteiger partial charge in [-0.25, -0.2) is 0 Å². The summed E-state index contributed by atoms with van der Waals surface area (Å²) in [6, 6.07) is -0.878. The number of nitrogens with two attached hydrogens (primary N) is 1. The lowest BCUT2D eigenvalue weighted by atomic mass is 10.0. The van der Waals surface area contributed by atoms with E-state index in [0.29, 0.717) is 5.57 Å². The minimum absolute atomic E-state index is 0.101. The molecule has 0 unspecified atom stereocenters. The van der Waals surface area contributed by atoms with E-state index in [1.807, 2.05) is 5.32 Å². The van der Waals surface area contributed by atoms with Crippen molar-refractivity contribution in [2.75, 3.05) is 0 Å². The number of alkyl halides is 6. The van der Waals surface area contributed by atoms with Gasteiger partial charge in [0.2, 0.25) is 5.91 Å². The molecule has 0 spiro atoms. The summed E-state index contributed by atoms with van der Waals surface area (Å²) in [5, 5.41) is 2.01. The summed E-state index contributed by atoms with van der Waals surface area (Å²) >= 11 is 0. The van der Waals surface area contributed by atoms with Crippen LogP contribution in [-0.4, -0.2) is 17.9 Å². The maximum absolute atomic E-state index is 12.8. The van der Waals surface area contributed by atoms with E-state index in [2.05, 4.69) is 6.58 Å². The number of carbonyl (C=O) groups excluding carboxylic acids is 2. The van der Waals surface area contributed by atoms with Crippen LogP contribution in [0, 0.1) is 0 Å². The van der Waals surface area contributed by atoms with Crippen molar-refractivity contribution in [1.29, 1.82) is 0 Å². The summed E-state index contributed by atoms with van der Waals surface area (Å²) in [6.45, 7) is 5.00. The van der Waals surface area contributed by atoms with Crippen molar-refractivity contribution in [2.45, 2.75) is 31.7 Å². The van der Waals surface area contributed by atoms with E-state index in [1.54, 1.807) is 0 Å². The highest BCUT2D eigenvalue weighted by Crippen LogP contribution is 2.36. The third-order valence-electron chi connectivity index (χ3n) is 3.05. The molecule has 0 saturated carbocycles. The Morgan fingerprint density at radius 2 is 1.52 bits per heavy atom. The van der Waals surface area contributed by atoms with Gasteiger partial charge in [-0.05, 0) is 31.5 Å². The van der Waals surface area contributed by atoms with Crippen LogP contribution in [0.2, 0.25) is 0 Å². The van der Waals surface area contributed by atoms with Gasteiger partial charge in [0, 0.05) is 5.56 Å². The molecule has 2 amide bonds. The molecule has 1 atom stereocenters. The van der Waals surface area contributed by atoms with Crippen LogP contribution >= 0.6 is 0 Å². The van der Waals surface area contributed by atoms with Crippen molar-refractivity contribution < 1.29 is 35.9 Å². The molecule has 138 valence electrons. The Morgan fingerprint density at radius 3 is 1.84 bits per heavy atom. The molecule has 1 rings (SSSR count). The number of primary amides is 1. The zero-order valence-corrected chi connectivity index (χ0v) is 12.9. The summed E-state index contributed by atoms with van der Waals surface area (Å²) in [6.07, 6.45) is -10.3. The second-order valence-electron chi connectivity index (χ2n) is 5.38. The molecule has 0 radical (unpaired) electrons. The zero-order valence-electron chi connectivity index (χ0n) is 12.9. The van der Waals surface area contributed by atoms with Crippen LogP contribution in [0.25, 0.3) is 0 Å². The largest absolute Gasteiger partial charge is 0.416 e. The highest BCUT2D eigenvalue weighted by molar-refractivity contribution is 5.97. The molecule has 1 aromatic rings. The molecule has 25 heavy (non-hydrogen) atoms. The monoisotopic (exact) mass is 368 g/mol. The average molecular weight is 368 g/mol. The van der Waals surface area contributed by atoms with Gasteiger partial charge in [-0.2, -0.15) is 26.3 Å². The first-order valence-corrected chi connectivity index (χ1v) is 6.76. The van der Waals surface area contributed by atoms with Gasteiger partial charge in [0.05, 0.1) is 11.1 Å². The second-order valence-corrected chi connectivity index (χ2v) is 5.38. The van der Waals surface area contributed by atoms with Crippen molar-refractivity contribution in [3.63, 3.8) is 0 Å². The van der Waals surface area contributed by atoms with E-state index in [9.17, 15) is 35.9 Å². The number of halogens is 6. The van der Waals surface area contributed by atoms with Gasteiger partial charge in [0.1, 0.15) is 6.04 Å².